The highest BCUT2D eigenvalue weighted by Gasteiger charge is 2.49. The van der Waals surface area contributed by atoms with Crippen molar-refractivity contribution in [1.82, 2.24) is 0 Å². The first kappa shape index (κ1) is 16.1. The topological polar surface area (TPSA) is 95.7 Å². The number of hydrogen-bond donors (Lipinski definition) is 0. The Morgan fingerprint density at radius 2 is 1.75 bits per heavy atom. The molecule has 0 fully saturated rings. The van der Waals surface area contributed by atoms with Crippen molar-refractivity contribution in [3.05, 3.63) is 38.3 Å². The minimum absolute atomic E-state index is 0.0931. The lowest BCUT2D eigenvalue weighted by Crippen LogP contribution is -2.43. The van der Waals surface area contributed by atoms with Crippen molar-refractivity contribution in [3.8, 4) is 0 Å². The number of hydrogen-bond acceptors (Lipinski definition) is 6. The van der Waals surface area contributed by atoms with Crippen LogP contribution in [0.3, 0.4) is 0 Å². The first-order chi connectivity index (χ1) is 9.28. The molecule has 108 valence electrons. The van der Waals surface area contributed by atoms with Crippen LogP contribution in [0.15, 0.2) is 22.7 Å². The lowest BCUT2D eigenvalue weighted by atomic mass is 9.81. The van der Waals surface area contributed by atoms with Gasteiger partial charge in [-0.2, -0.15) is 0 Å². The Morgan fingerprint density at radius 3 is 2.15 bits per heavy atom. The van der Waals surface area contributed by atoms with Gasteiger partial charge in [0.1, 0.15) is 0 Å². The fourth-order valence-corrected chi connectivity index (χ4v) is 2.14. The summed E-state index contributed by atoms with van der Waals surface area (Å²) >= 11 is 3.10. The zero-order valence-electron chi connectivity index (χ0n) is 11.0. The molecule has 1 aromatic rings. The van der Waals surface area contributed by atoms with Crippen molar-refractivity contribution in [2.24, 2.45) is 0 Å². The van der Waals surface area contributed by atoms with E-state index in [1.807, 2.05) is 0 Å². The molecule has 0 aromatic heterocycles. The number of ether oxygens (including phenoxy) is 2. The first-order valence-corrected chi connectivity index (χ1v) is 6.19. The molecule has 0 aliphatic carbocycles. The molecular weight excluding hydrogens is 334 g/mol. The van der Waals surface area contributed by atoms with Gasteiger partial charge < -0.3 is 9.47 Å². The van der Waals surface area contributed by atoms with Gasteiger partial charge in [-0.15, -0.1) is 0 Å². The van der Waals surface area contributed by atoms with Gasteiger partial charge in [0.2, 0.25) is 0 Å². The molecule has 0 aliphatic rings. The summed E-state index contributed by atoms with van der Waals surface area (Å²) in [6.45, 7) is 1.22. The quantitative estimate of drug-likeness (QED) is 0.358. The highest BCUT2D eigenvalue weighted by Crippen LogP contribution is 2.35. The van der Waals surface area contributed by atoms with Crippen LogP contribution in [0.5, 0.6) is 0 Å². The number of carbonyl (C=O) groups excluding carboxylic acids is 2. The Balaban J connectivity index is 3.62. The van der Waals surface area contributed by atoms with Crippen molar-refractivity contribution in [2.75, 3.05) is 14.2 Å². The second-order valence-electron chi connectivity index (χ2n) is 4.03. The van der Waals surface area contributed by atoms with Crippen LogP contribution >= 0.6 is 15.9 Å². The summed E-state index contributed by atoms with van der Waals surface area (Å²) in [5.74, 6) is -1.87. The molecule has 0 radical (unpaired) electrons. The SMILES string of the molecule is COC(=O)C(C)(C(=O)OC)c1ccc(Br)cc1[N+](=O)[O-]. The van der Waals surface area contributed by atoms with E-state index in [0.717, 1.165) is 14.2 Å². The van der Waals surface area contributed by atoms with E-state index in [1.165, 1.54) is 25.1 Å². The molecule has 7 nitrogen and oxygen atoms in total. The van der Waals surface area contributed by atoms with Crippen molar-refractivity contribution in [2.45, 2.75) is 12.3 Å². The Hall–Kier alpha value is -1.96. The van der Waals surface area contributed by atoms with Gasteiger partial charge in [0.05, 0.1) is 24.7 Å². The van der Waals surface area contributed by atoms with E-state index in [0.29, 0.717) is 4.47 Å². The third kappa shape index (κ3) is 2.64. The molecule has 1 aromatic carbocycles. The number of rotatable bonds is 4. The summed E-state index contributed by atoms with van der Waals surface area (Å²) in [6, 6.07) is 4.02. The molecule has 0 bridgehead atoms. The number of esters is 2. The predicted octanol–water partition coefficient (Wildman–Crippen LogP) is 1.96. The fraction of sp³-hybridized carbons (Fsp3) is 0.333. The second-order valence-corrected chi connectivity index (χ2v) is 4.94. The van der Waals surface area contributed by atoms with Crippen LogP contribution in [0.25, 0.3) is 0 Å². The van der Waals surface area contributed by atoms with Gasteiger partial charge in [-0.25, -0.2) is 0 Å². The van der Waals surface area contributed by atoms with Gasteiger partial charge in [0.25, 0.3) is 5.69 Å². The number of nitro benzene ring substituents is 1. The number of carbonyl (C=O) groups is 2. The Labute approximate surface area is 123 Å². The molecule has 8 heteroatoms. The highest BCUT2D eigenvalue weighted by atomic mass is 79.9. The van der Waals surface area contributed by atoms with Crippen molar-refractivity contribution >= 4 is 33.6 Å². The van der Waals surface area contributed by atoms with Crippen molar-refractivity contribution < 1.29 is 24.0 Å². The second kappa shape index (κ2) is 6.00. The molecule has 1 rings (SSSR count). The van der Waals surface area contributed by atoms with Crippen LogP contribution in [0.1, 0.15) is 12.5 Å². The molecule has 20 heavy (non-hydrogen) atoms. The molecular formula is C12H12BrNO6. The molecule has 0 spiro atoms. The van der Waals surface area contributed by atoms with E-state index in [-0.39, 0.29) is 11.3 Å². The Kier molecular flexibility index (Phi) is 4.83. The van der Waals surface area contributed by atoms with Gasteiger partial charge >= 0.3 is 11.9 Å². The highest BCUT2D eigenvalue weighted by molar-refractivity contribution is 9.10. The standard InChI is InChI=1S/C12H12BrNO6/c1-12(10(15)19-2,11(16)20-3)8-5-4-7(13)6-9(8)14(17)18/h4-6H,1-3H3. The molecule has 0 amide bonds. The van der Waals surface area contributed by atoms with Gasteiger partial charge in [-0.3, -0.25) is 19.7 Å². The summed E-state index contributed by atoms with van der Waals surface area (Å²) in [5, 5.41) is 11.1. The average Bonchev–Trinajstić information content (AvgIpc) is 2.44. The maximum Gasteiger partial charge on any atom is 0.327 e. The van der Waals surface area contributed by atoms with E-state index in [9.17, 15) is 19.7 Å². The van der Waals surface area contributed by atoms with E-state index in [1.54, 1.807) is 0 Å². The summed E-state index contributed by atoms with van der Waals surface area (Å²) in [6.07, 6.45) is 0. The largest absolute Gasteiger partial charge is 0.468 e. The lowest BCUT2D eigenvalue weighted by molar-refractivity contribution is -0.386. The van der Waals surface area contributed by atoms with Crippen LogP contribution in [-0.2, 0) is 24.5 Å². The molecule has 0 aliphatic heterocycles. The molecule has 0 saturated heterocycles. The van der Waals surface area contributed by atoms with Crippen LogP contribution in [0.4, 0.5) is 5.69 Å². The van der Waals surface area contributed by atoms with Gasteiger partial charge in [-0.05, 0) is 19.1 Å². The number of benzene rings is 1. The number of nitrogens with zero attached hydrogens (tertiary/aromatic N) is 1. The van der Waals surface area contributed by atoms with Crippen LogP contribution in [-0.4, -0.2) is 31.1 Å². The van der Waals surface area contributed by atoms with Crippen LogP contribution in [0, 0.1) is 10.1 Å². The van der Waals surface area contributed by atoms with E-state index >= 15 is 0 Å². The molecule has 0 heterocycles. The molecule has 0 atom stereocenters. The minimum atomic E-state index is -1.91. The number of nitro groups is 1. The van der Waals surface area contributed by atoms with E-state index < -0.39 is 22.3 Å². The van der Waals surface area contributed by atoms with Crippen molar-refractivity contribution in [3.63, 3.8) is 0 Å². The Bertz CT molecular complexity index is 555. The fourth-order valence-electron chi connectivity index (χ4n) is 1.79. The van der Waals surface area contributed by atoms with Crippen LogP contribution < -0.4 is 0 Å². The molecule has 0 N–H and O–H groups in total. The lowest BCUT2D eigenvalue weighted by Gasteiger charge is -2.23. The number of halogens is 1. The summed E-state index contributed by atoms with van der Waals surface area (Å²) < 4.78 is 9.62. The smallest absolute Gasteiger partial charge is 0.327 e. The van der Waals surface area contributed by atoms with E-state index in [2.05, 4.69) is 25.4 Å². The monoisotopic (exact) mass is 345 g/mol. The van der Waals surface area contributed by atoms with Gasteiger partial charge in [0.15, 0.2) is 5.41 Å². The maximum absolute atomic E-state index is 11.9. The maximum atomic E-state index is 11.9. The zero-order chi connectivity index (χ0) is 15.5. The minimum Gasteiger partial charge on any atom is -0.468 e. The van der Waals surface area contributed by atoms with Crippen molar-refractivity contribution in [1.29, 1.82) is 0 Å². The molecule has 0 saturated carbocycles. The van der Waals surface area contributed by atoms with Gasteiger partial charge in [-0.1, -0.05) is 15.9 Å². The third-order valence-corrected chi connectivity index (χ3v) is 3.38. The molecule has 0 unspecified atom stereocenters. The average molecular weight is 346 g/mol. The third-order valence-electron chi connectivity index (χ3n) is 2.88. The first-order valence-electron chi connectivity index (χ1n) is 5.40. The normalized spacial score (nSPS) is 10.8. The number of methoxy groups -OCH3 is 2. The summed E-state index contributed by atoms with van der Waals surface area (Å²) in [4.78, 5) is 34.3. The van der Waals surface area contributed by atoms with Crippen LogP contribution in [0.2, 0.25) is 0 Å². The van der Waals surface area contributed by atoms with E-state index in [4.69, 9.17) is 0 Å². The zero-order valence-corrected chi connectivity index (χ0v) is 12.6. The summed E-state index contributed by atoms with van der Waals surface area (Å²) in [7, 11) is 2.18. The Morgan fingerprint density at radius 1 is 1.25 bits per heavy atom. The van der Waals surface area contributed by atoms with Gasteiger partial charge in [0, 0.05) is 10.5 Å². The predicted molar refractivity (Wildman–Crippen MR) is 72.2 cm³/mol. The summed E-state index contributed by atoms with van der Waals surface area (Å²) in [5.41, 5.74) is -2.38.